The molecule has 0 atom stereocenters. The fourth-order valence-corrected chi connectivity index (χ4v) is 1.57. The van der Waals surface area contributed by atoms with Crippen molar-refractivity contribution in [3.8, 4) is 11.5 Å². The quantitative estimate of drug-likeness (QED) is 0.435. The standard InChI is InChI=1S/C14H17NO6/c1-4-20-13(16)9-21-14-11(8-10(2)15(17)18)6-5-7-12(14)19-3/h5-8H,4,9H2,1-3H3/b10-8+. The lowest BCUT2D eigenvalue weighted by molar-refractivity contribution is -0.422. The van der Waals surface area contributed by atoms with Crippen molar-refractivity contribution in [2.75, 3.05) is 20.3 Å². The number of rotatable bonds is 7. The van der Waals surface area contributed by atoms with Crippen molar-refractivity contribution in [2.24, 2.45) is 0 Å². The summed E-state index contributed by atoms with van der Waals surface area (Å²) in [6, 6.07) is 4.95. The van der Waals surface area contributed by atoms with Gasteiger partial charge in [0.25, 0.3) is 0 Å². The maximum atomic E-state index is 11.3. The van der Waals surface area contributed by atoms with Gasteiger partial charge in [0.2, 0.25) is 5.70 Å². The minimum Gasteiger partial charge on any atom is -0.493 e. The maximum absolute atomic E-state index is 11.3. The Morgan fingerprint density at radius 3 is 2.71 bits per heavy atom. The van der Waals surface area contributed by atoms with Crippen LogP contribution in [0.2, 0.25) is 0 Å². The van der Waals surface area contributed by atoms with E-state index in [4.69, 9.17) is 14.2 Å². The van der Waals surface area contributed by atoms with Gasteiger partial charge in [0.1, 0.15) is 0 Å². The lowest BCUT2D eigenvalue weighted by atomic mass is 10.1. The molecular formula is C14H17NO6. The van der Waals surface area contributed by atoms with E-state index >= 15 is 0 Å². The van der Waals surface area contributed by atoms with Crippen molar-refractivity contribution in [1.29, 1.82) is 0 Å². The third kappa shape index (κ3) is 4.79. The summed E-state index contributed by atoms with van der Waals surface area (Å²) >= 11 is 0. The number of hydrogen-bond acceptors (Lipinski definition) is 6. The van der Waals surface area contributed by atoms with Crippen LogP contribution in [0.25, 0.3) is 6.08 Å². The summed E-state index contributed by atoms with van der Waals surface area (Å²) in [5, 5.41) is 10.7. The Bertz CT molecular complexity index is 552. The van der Waals surface area contributed by atoms with Crippen molar-refractivity contribution in [2.45, 2.75) is 13.8 Å². The molecule has 0 aliphatic carbocycles. The highest BCUT2D eigenvalue weighted by Gasteiger charge is 2.14. The van der Waals surface area contributed by atoms with E-state index in [0.29, 0.717) is 11.3 Å². The van der Waals surface area contributed by atoms with Gasteiger partial charge >= 0.3 is 5.97 Å². The molecule has 0 unspecified atom stereocenters. The Morgan fingerprint density at radius 1 is 1.43 bits per heavy atom. The summed E-state index contributed by atoms with van der Waals surface area (Å²) in [7, 11) is 1.44. The molecule has 0 radical (unpaired) electrons. The highest BCUT2D eigenvalue weighted by Crippen LogP contribution is 2.32. The summed E-state index contributed by atoms with van der Waals surface area (Å²) in [5.41, 5.74) is 0.400. The molecule has 21 heavy (non-hydrogen) atoms. The third-order valence-corrected chi connectivity index (χ3v) is 2.52. The van der Waals surface area contributed by atoms with E-state index in [-0.39, 0.29) is 24.7 Å². The van der Waals surface area contributed by atoms with Crippen LogP contribution >= 0.6 is 0 Å². The van der Waals surface area contributed by atoms with Crippen LogP contribution in [0.1, 0.15) is 19.4 Å². The second-order valence-electron chi connectivity index (χ2n) is 4.02. The van der Waals surface area contributed by atoms with Gasteiger partial charge in [-0.25, -0.2) is 4.79 Å². The fraction of sp³-hybridized carbons (Fsp3) is 0.357. The van der Waals surface area contributed by atoms with E-state index in [1.165, 1.54) is 20.1 Å². The molecule has 1 rings (SSSR count). The van der Waals surface area contributed by atoms with Gasteiger partial charge in [0.05, 0.1) is 18.6 Å². The molecule has 0 fully saturated rings. The number of carbonyl (C=O) groups excluding carboxylic acids is 1. The Kier molecular flexibility index (Phi) is 6.19. The van der Waals surface area contributed by atoms with Gasteiger partial charge in [-0.3, -0.25) is 10.1 Å². The van der Waals surface area contributed by atoms with Crippen LogP contribution in [-0.2, 0) is 9.53 Å². The van der Waals surface area contributed by atoms with Gasteiger partial charge in [-0.2, -0.15) is 0 Å². The average Bonchev–Trinajstić information content (AvgIpc) is 2.45. The van der Waals surface area contributed by atoms with E-state index in [1.807, 2.05) is 0 Å². The van der Waals surface area contributed by atoms with Crippen LogP contribution < -0.4 is 9.47 Å². The smallest absolute Gasteiger partial charge is 0.344 e. The molecule has 0 aliphatic rings. The predicted molar refractivity (Wildman–Crippen MR) is 75.8 cm³/mol. The first-order chi connectivity index (χ1) is 9.99. The zero-order chi connectivity index (χ0) is 15.8. The minimum atomic E-state index is -0.524. The van der Waals surface area contributed by atoms with E-state index in [1.54, 1.807) is 25.1 Å². The van der Waals surface area contributed by atoms with E-state index in [9.17, 15) is 14.9 Å². The number of methoxy groups -OCH3 is 1. The van der Waals surface area contributed by atoms with Crippen LogP contribution in [0, 0.1) is 10.1 Å². The summed E-state index contributed by atoms with van der Waals surface area (Å²) in [6.45, 7) is 3.01. The van der Waals surface area contributed by atoms with Crippen LogP contribution in [0.5, 0.6) is 11.5 Å². The molecule has 0 amide bonds. The maximum Gasteiger partial charge on any atom is 0.344 e. The van der Waals surface area contributed by atoms with Gasteiger partial charge in [0, 0.05) is 18.6 Å². The van der Waals surface area contributed by atoms with Crippen molar-refractivity contribution in [3.63, 3.8) is 0 Å². The molecule has 1 aromatic rings. The van der Waals surface area contributed by atoms with Crippen LogP contribution in [0.3, 0.4) is 0 Å². The molecule has 7 nitrogen and oxygen atoms in total. The second-order valence-corrected chi connectivity index (χ2v) is 4.02. The first-order valence-electron chi connectivity index (χ1n) is 6.27. The molecule has 0 saturated carbocycles. The number of nitro groups is 1. The molecule has 0 N–H and O–H groups in total. The van der Waals surface area contributed by atoms with Crippen molar-refractivity contribution in [1.82, 2.24) is 0 Å². The largest absolute Gasteiger partial charge is 0.493 e. The Morgan fingerprint density at radius 2 is 2.14 bits per heavy atom. The van der Waals surface area contributed by atoms with Gasteiger partial charge < -0.3 is 14.2 Å². The van der Waals surface area contributed by atoms with Gasteiger partial charge in [-0.1, -0.05) is 12.1 Å². The number of esters is 1. The predicted octanol–water partition coefficient (Wildman–Crippen LogP) is 2.27. The highest BCUT2D eigenvalue weighted by atomic mass is 16.6. The lowest BCUT2D eigenvalue weighted by Crippen LogP contribution is -2.15. The average molecular weight is 295 g/mol. The van der Waals surface area contributed by atoms with E-state index in [2.05, 4.69) is 0 Å². The molecule has 0 aromatic heterocycles. The minimum absolute atomic E-state index is 0.0516. The Hall–Kier alpha value is -2.57. The highest BCUT2D eigenvalue weighted by molar-refractivity contribution is 5.72. The van der Waals surface area contributed by atoms with Crippen molar-refractivity contribution >= 4 is 12.0 Å². The van der Waals surface area contributed by atoms with Gasteiger partial charge in [-0.15, -0.1) is 0 Å². The third-order valence-electron chi connectivity index (χ3n) is 2.52. The number of carbonyl (C=O) groups is 1. The zero-order valence-electron chi connectivity index (χ0n) is 12.1. The summed E-state index contributed by atoms with van der Waals surface area (Å²) < 4.78 is 15.3. The molecule has 0 heterocycles. The molecular weight excluding hydrogens is 278 g/mol. The van der Waals surface area contributed by atoms with E-state index < -0.39 is 10.9 Å². The summed E-state index contributed by atoms with van der Waals surface area (Å²) in [5.74, 6) is 0.114. The van der Waals surface area contributed by atoms with Crippen LogP contribution in [0.15, 0.2) is 23.9 Å². The Balaban J connectivity index is 3.06. The second kappa shape index (κ2) is 7.88. The first-order valence-corrected chi connectivity index (χ1v) is 6.27. The van der Waals surface area contributed by atoms with Crippen molar-refractivity contribution < 1.29 is 23.9 Å². The zero-order valence-corrected chi connectivity index (χ0v) is 12.1. The SMILES string of the molecule is CCOC(=O)COc1c(/C=C(\C)[N+](=O)[O-])cccc1OC. The topological polar surface area (TPSA) is 87.9 Å². The summed E-state index contributed by atoms with van der Waals surface area (Å²) in [4.78, 5) is 21.6. The van der Waals surface area contributed by atoms with Gasteiger partial charge in [0.15, 0.2) is 18.1 Å². The number of allylic oxidation sites excluding steroid dienone is 1. The Labute approximate surface area is 122 Å². The molecule has 1 aromatic carbocycles. The molecule has 0 spiro atoms. The monoisotopic (exact) mass is 295 g/mol. The molecule has 0 saturated heterocycles. The molecule has 114 valence electrons. The number of ether oxygens (including phenoxy) is 3. The lowest BCUT2D eigenvalue weighted by Gasteiger charge is -2.12. The van der Waals surface area contributed by atoms with Gasteiger partial charge in [-0.05, 0) is 13.0 Å². The normalized spacial score (nSPS) is 10.9. The van der Waals surface area contributed by atoms with Crippen LogP contribution in [-0.4, -0.2) is 31.2 Å². The van der Waals surface area contributed by atoms with Crippen LogP contribution in [0.4, 0.5) is 0 Å². The number of nitrogens with zero attached hydrogens (tertiary/aromatic N) is 1. The first kappa shape index (κ1) is 16.5. The summed E-state index contributed by atoms with van der Waals surface area (Å²) in [6.07, 6.45) is 1.35. The fourth-order valence-electron chi connectivity index (χ4n) is 1.57. The number of para-hydroxylation sites is 1. The molecule has 7 heteroatoms. The van der Waals surface area contributed by atoms with E-state index in [0.717, 1.165) is 0 Å². The molecule has 0 bridgehead atoms. The molecule has 0 aliphatic heterocycles. The number of benzene rings is 1. The number of hydrogen-bond donors (Lipinski definition) is 0. The van der Waals surface area contributed by atoms with Crippen molar-refractivity contribution in [3.05, 3.63) is 39.6 Å².